The second-order valence-electron chi connectivity index (χ2n) is 4.13. The highest BCUT2D eigenvalue weighted by Crippen LogP contribution is 2.14. The molecule has 0 bridgehead atoms. The van der Waals surface area contributed by atoms with E-state index in [-0.39, 0.29) is 6.04 Å². The van der Waals surface area contributed by atoms with Gasteiger partial charge < -0.3 is 10.7 Å². The van der Waals surface area contributed by atoms with Gasteiger partial charge in [-0.1, -0.05) is 30.3 Å². The first-order valence-electron chi connectivity index (χ1n) is 5.49. The minimum Gasteiger partial charge on any atom is -0.345 e. The third kappa shape index (κ3) is 2.31. The summed E-state index contributed by atoms with van der Waals surface area (Å²) < 4.78 is 0. The van der Waals surface area contributed by atoms with Crippen LogP contribution in [0.2, 0.25) is 0 Å². The Kier molecular flexibility index (Phi) is 3.06. The van der Waals surface area contributed by atoms with Crippen molar-refractivity contribution < 1.29 is 0 Å². The lowest BCUT2D eigenvalue weighted by molar-refractivity contribution is 0.675. The van der Waals surface area contributed by atoms with Crippen LogP contribution in [0.3, 0.4) is 0 Å². The summed E-state index contributed by atoms with van der Waals surface area (Å²) in [6.45, 7) is 4.01. The maximum Gasteiger partial charge on any atom is 0.123 e. The van der Waals surface area contributed by atoms with Gasteiger partial charge >= 0.3 is 0 Å². The van der Waals surface area contributed by atoms with Crippen LogP contribution in [0.1, 0.15) is 28.8 Å². The lowest BCUT2D eigenvalue weighted by atomic mass is 10.1. The second kappa shape index (κ2) is 4.49. The first kappa shape index (κ1) is 10.9. The molecular weight excluding hydrogens is 198 g/mol. The number of H-pyrrole nitrogens is 1. The van der Waals surface area contributed by atoms with Crippen molar-refractivity contribution in [1.82, 2.24) is 9.97 Å². The molecule has 3 N–H and O–H groups in total. The fourth-order valence-corrected chi connectivity index (χ4v) is 1.72. The molecule has 1 unspecified atom stereocenters. The van der Waals surface area contributed by atoms with Crippen molar-refractivity contribution in [1.29, 1.82) is 0 Å². The summed E-state index contributed by atoms with van der Waals surface area (Å²) in [6, 6.07) is 10.2. The normalized spacial score (nSPS) is 12.7. The Bertz CT molecular complexity index is 440. The van der Waals surface area contributed by atoms with E-state index in [4.69, 9.17) is 5.73 Å². The van der Waals surface area contributed by atoms with Crippen molar-refractivity contribution in [3.63, 3.8) is 0 Å². The van der Waals surface area contributed by atoms with E-state index in [1.807, 2.05) is 32.0 Å². The standard InChI is InChI=1S/C13H17N3/c1-9-10(2)16-13(15-9)12(14)8-11-6-4-3-5-7-11/h3-7,12H,8,14H2,1-2H3,(H,15,16). The summed E-state index contributed by atoms with van der Waals surface area (Å²) in [4.78, 5) is 7.65. The molecule has 0 aliphatic carbocycles. The van der Waals surface area contributed by atoms with Crippen LogP contribution >= 0.6 is 0 Å². The topological polar surface area (TPSA) is 54.7 Å². The van der Waals surface area contributed by atoms with Crippen LogP contribution in [0.25, 0.3) is 0 Å². The van der Waals surface area contributed by atoms with Crippen molar-refractivity contribution >= 4 is 0 Å². The quantitative estimate of drug-likeness (QED) is 0.825. The van der Waals surface area contributed by atoms with Crippen LogP contribution < -0.4 is 5.73 Å². The van der Waals surface area contributed by atoms with E-state index in [2.05, 4.69) is 22.1 Å². The molecule has 84 valence electrons. The van der Waals surface area contributed by atoms with Crippen LogP contribution in [0.4, 0.5) is 0 Å². The van der Waals surface area contributed by atoms with E-state index in [1.165, 1.54) is 5.56 Å². The number of aromatic amines is 1. The second-order valence-corrected chi connectivity index (χ2v) is 4.13. The van der Waals surface area contributed by atoms with E-state index in [0.29, 0.717) is 0 Å². The molecular formula is C13H17N3. The van der Waals surface area contributed by atoms with Crippen molar-refractivity contribution in [2.45, 2.75) is 26.3 Å². The average molecular weight is 215 g/mol. The number of hydrogen-bond donors (Lipinski definition) is 2. The highest BCUT2D eigenvalue weighted by atomic mass is 15.0. The number of nitrogens with two attached hydrogens (primary N) is 1. The lowest BCUT2D eigenvalue weighted by Gasteiger charge is -2.08. The highest BCUT2D eigenvalue weighted by Gasteiger charge is 2.11. The van der Waals surface area contributed by atoms with Gasteiger partial charge in [0.2, 0.25) is 0 Å². The van der Waals surface area contributed by atoms with Crippen LogP contribution in [-0.4, -0.2) is 9.97 Å². The molecule has 2 rings (SSSR count). The molecule has 0 radical (unpaired) electrons. The minimum atomic E-state index is -0.0604. The van der Waals surface area contributed by atoms with Gasteiger partial charge in [-0.25, -0.2) is 4.98 Å². The monoisotopic (exact) mass is 215 g/mol. The Hall–Kier alpha value is -1.61. The van der Waals surface area contributed by atoms with Gasteiger partial charge in [0, 0.05) is 5.69 Å². The molecule has 3 nitrogen and oxygen atoms in total. The number of aromatic nitrogens is 2. The minimum absolute atomic E-state index is 0.0604. The number of rotatable bonds is 3. The van der Waals surface area contributed by atoms with Crippen molar-refractivity contribution in [2.24, 2.45) is 5.73 Å². The van der Waals surface area contributed by atoms with E-state index >= 15 is 0 Å². The van der Waals surface area contributed by atoms with Gasteiger partial charge in [0.05, 0.1) is 11.7 Å². The maximum atomic E-state index is 6.12. The molecule has 0 spiro atoms. The Morgan fingerprint density at radius 3 is 2.50 bits per heavy atom. The van der Waals surface area contributed by atoms with Crippen LogP contribution in [0, 0.1) is 13.8 Å². The van der Waals surface area contributed by atoms with Gasteiger partial charge in [0.25, 0.3) is 0 Å². The van der Waals surface area contributed by atoms with Gasteiger partial charge in [-0.05, 0) is 25.8 Å². The Balaban J connectivity index is 2.11. The molecule has 0 aliphatic heterocycles. The van der Waals surface area contributed by atoms with Gasteiger partial charge in [-0.2, -0.15) is 0 Å². The van der Waals surface area contributed by atoms with E-state index < -0.39 is 0 Å². The molecule has 0 aliphatic rings. The average Bonchev–Trinajstić information content (AvgIpc) is 2.61. The lowest BCUT2D eigenvalue weighted by Crippen LogP contribution is -2.15. The number of benzene rings is 1. The number of imidazole rings is 1. The third-order valence-corrected chi connectivity index (χ3v) is 2.80. The summed E-state index contributed by atoms with van der Waals surface area (Å²) in [5.41, 5.74) is 9.48. The predicted molar refractivity (Wildman–Crippen MR) is 65.1 cm³/mol. The zero-order chi connectivity index (χ0) is 11.5. The molecule has 0 amide bonds. The van der Waals surface area contributed by atoms with Gasteiger partial charge in [0.15, 0.2) is 0 Å². The predicted octanol–water partition coefficient (Wildman–Crippen LogP) is 2.27. The van der Waals surface area contributed by atoms with Crippen molar-refractivity contribution in [3.8, 4) is 0 Å². The number of nitrogens with one attached hydrogen (secondary N) is 1. The number of aryl methyl sites for hydroxylation is 2. The van der Waals surface area contributed by atoms with E-state index in [0.717, 1.165) is 23.6 Å². The molecule has 1 aromatic heterocycles. The summed E-state index contributed by atoms with van der Waals surface area (Å²) >= 11 is 0. The summed E-state index contributed by atoms with van der Waals surface area (Å²) in [5.74, 6) is 0.874. The molecule has 3 heteroatoms. The SMILES string of the molecule is Cc1nc(C(N)Cc2ccccc2)[nH]c1C. The molecule has 0 saturated carbocycles. The van der Waals surface area contributed by atoms with E-state index in [9.17, 15) is 0 Å². The largest absolute Gasteiger partial charge is 0.345 e. The fourth-order valence-electron chi connectivity index (χ4n) is 1.72. The molecule has 1 heterocycles. The van der Waals surface area contributed by atoms with Crippen molar-refractivity contribution in [2.75, 3.05) is 0 Å². The number of hydrogen-bond acceptors (Lipinski definition) is 2. The van der Waals surface area contributed by atoms with Gasteiger partial charge in [0.1, 0.15) is 5.82 Å². The van der Waals surface area contributed by atoms with Crippen molar-refractivity contribution in [3.05, 3.63) is 53.1 Å². The molecule has 1 aromatic carbocycles. The van der Waals surface area contributed by atoms with Gasteiger partial charge in [-0.15, -0.1) is 0 Å². The van der Waals surface area contributed by atoms with Crippen LogP contribution in [-0.2, 0) is 6.42 Å². The first-order valence-corrected chi connectivity index (χ1v) is 5.49. The summed E-state index contributed by atoms with van der Waals surface area (Å²) in [6.07, 6.45) is 0.813. The fraction of sp³-hybridized carbons (Fsp3) is 0.308. The highest BCUT2D eigenvalue weighted by molar-refractivity contribution is 5.19. The first-order chi connectivity index (χ1) is 7.66. The van der Waals surface area contributed by atoms with Gasteiger partial charge in [-0.3, -0.25) is 0 Å². The maximum absolute atomic E-state index is 6.12. The molecule has 1 atom stereocenters. The Labute approximate surface area is 95.7 Å². The Morgan fingerprint density at radius 1 is 1.25 bits per heavy atom. The smallest absolute Gasteiger partial charge is 0.123 e. The zero-order valence-electron chi connectivity index (χ0n) is 9.70. The Morgan fingerprint density at radius 2 is 1.94 bits per heavy atom. The van der Waals surface area contributed by atoms with E-state index in [1.54, 1.807) is 0 Å². The zero-order valence-corrected chi connectivity index (χ0v) is 9.70. The molecule has 2 aromatic rings. The molecule has 0 fully saturated rings. The molecule has 16 heavy (non-hydrogen) atoms. The number of nitrogens with zero attached hydrogens (tertiary/aromatic N) is 1. The third-order valence-electron chi connectivity index (χ3n) is 2.80. The molecule has 0 saturated heterocycles. The van der Waals surface area contributed by atoms with Crippen LogP contribution in [0.5, 0.6) is 0 Å². The van der Waals surface area contributed by atoms with Crippen LogP contribution in [0.15, 0.2) is 30.3 Å². The summed E-state index contributed by atoms with van der Waals surface area (Å²) in [5, 5.41) is 0. The summed E-state index contributed by atoms with van der Waals surface area (Å²) in [7, 11) is 0.